The second-order valence-electron chi connectivity index (χ2n) is 4.96. The van der Waals surface area contributed by atoms with Gasteiger partial charge in [0.05, 0.1) is 6.61 Å². The average Bonchev–Trinajstić information content (AvgIpc) is 2.39. The molecule has 17 heavy (non-hydrogen) atoms. The lowest BCUT2D eigenvalue weighted by Gasteiger charge is -2.29. The van der Waals surface area contributed by atoms with Crippen molar-refractivity contribution in [1.82, 2.24) is 4.90 Å². The van der Waals surface area contributed by atoms with Crippen LogP contribution in [0, 0.1) is 0 Å². The van der Waals surface area contributed by atoms with Gasteiger partial charge in [0.15, 0.2) is 6.04 Å². The zero-order valence-electron chi connectivity index (χ0n) is 10.4. The fraction of sp³-hybridized carbons (Fsp3) is 0.818. The Kier molecular flexibility index (Phi) is 4.34. The highest BCUT2D eigenvalue weighted by Crippen LogP contribution is 2.14. The Hall–Kier alpha value is -1.30. The number of nitrogens with zero attached hydrogens (tertiary/aromatic N) is 1. The maximum Gasteiger partial charge on any atom is 0.411 e. The minimum absolute atomic E-state index is 0.00851. The summed E-state index contributed by atoms with van der Waals surface area (Å²) in [5, 5.41) is 9.05. The molecule has 0 aromatic rings. The number of hydrogen-bond donors (Lipinski definition) is 1. The van der Waals surface area contributed by atoms with Crippen LogP contribution in [0.2, 0.25) is 0 Å². The summed E-state index contributed by atoms with van der Waals surface area (Å²) in [4.78, 5) is 24.1. The van der Waals surface area contributed by atoms with Crippen molar-refractivity contribution in [2.24, 2.45) is 0 Å². The monoisotopic (exact) mass is 245 g/mol. The number of carbonyl (C=O) groups excluding carboxylic acids is 1. The first-order chi connectivity index (χ1) is 7.81. The van der Waals surface area contributed by atoms with E-state index < -0.39 is 23.7 Å². The fourth-order valence-corrected chi connectivity index (χ4v) is 1.52. The summed E-state index contributed by atoms with van der Waals surface area (Å²) in [6.45, 7) is 6.04. The lowest BCUT2D eigenvalue weighted by Crippen LogP contribution is -2.48. The van der Waals surface area contributed by atoms with Crippen LogP contribution < -0.4 is 0 Å². The molecule has 0 aromatic carbocycles. The molecule has 1 aliphatic rings. The SMILES string of the molecule is CC(C)(C)OC(=O)N1CCCOCC1C(=O)O. The third-order valence-electron chi connectivity index (χ3n) is 2.25. The first-order valence-electron chi connectivity index (χ1n) is 5.61. The van der Waals surface area contributed by atoms with Gasteiger partial charge in [-0.25, -0.2) is 9.59 Å². The minimum Gasteiger partial charge on any atom is -0.480 e. The summed E-state index contributed by atoms with van der Waals surface area (Å²) in [5.41, 5.74) is -0.632. The van der Waals surface area contributed by atoms with E-state index in [1.165, 1.54) is 4.90 Å². The number of amides is 1. The van der Waals surface area contributed by atoms with Gasteiger partial charge in [0.1, 0.15) is 5.60 Å². The number of rotatable bonds is 1. The topological polar surface area (TPSA) is 76.1 Å². The van der Waals surface area contributed by atoms with Crippen LogP contribution in [0.4, 0.5) is 4.79 Å². The molecular weight excluding hydrogens is 226 g/mol. The van der Waals surface area contributed by atoms with Crippen molar-refractivity contribution in [2.45, 2.75) is 38.8 Å². The van der Waals surface area contributed by atoms with Gasteiger partial charge in [0.25, 0.3) is 0 Å². The van der Waals surface area contributed by atoms with Gasteiger partial charge in [-0.2, -0.15) is 0 Å². The average molecular weight is 245 g/mol. The van der Waals surface area contributed by atoms with E-state index in [9.17, 15) is 9.59 Å². The second kappa shape index (κ2) is 5.35. The largest absolute Gasteiger partial charge is 0.480 e. The van der Waals surface area contributed by atoms with Crippen LogP contribution in [0.5, 0.6) is 0 Å². The first kappa shape index (κ1) is 13.8. The minimum atomic E-state index is -1.07. The van der Waals surface area contributed by atoms with E-state index in [4.69, 9.17) is 14.6 Å². The van der Waals surface area contributed by atoms with Crippen molar-refractivity contribution < 1.29 is 24.2 Å². The molecule has 0 bridgehead atoms. The van der Waals surface area contributed by atoms with Crippen LogP contribution >= 0.6 is 0 Å². The summed E-state index contributed by atoms with van der Waals surface area (Å²) >= 11 is 0. The number of ether oxygens (including phenoxy) is 2. The molecule has 0 aromatic heterocycles. The maximum absolute atomic E-state index is 11.9. The summed E-state index contributed by atoms with van der Waals surface area (Å²) in [7, 11) is 0. The second-order valence-corrected chi connectivity index (χ2v) is 4.96. The Labute approximate surface area is 100 Å². The molecule has 0 aliphatic carbocycles. The van der Waals surface area contributed by atoms with E-state index in [0.717, 1.165) is 0 Å². The van der Waals surface area contributed by atoms with Crippen molar-refractivity contribution in [3.63, 3.8) is 0 Å². The molecular formula is C11H19NO5. The van der Waals surface area contributed by atoms with Crippen LogP contribution in [0.15, 0.2) is 0 Å². The maximum atomic E-state index is 11.9. The molecule has 1 aliphatic heterocycles. The number of carboxylic acid groups (broad SMARTS) is 1. The Morgan fingerprint density at radius 1 is 1.41 bits per heavy atom. The molecule has 1 heterocycles. The molecule has 0 spiro atoms. The van der Waals surface area contributed by atoms with Gasteiger partial charge in [0.2, 0.25) is 0 Å². The fourth-order valence-electron chi connectivity index (χ4n) is 1.52. The predicted molar refractivity (Wildman–Crippen MR) is 59.8 cm³/mol. The summed E-state index contributed by atoms with van der Waals surface area (Å²) in [6.07, 6.45) is 0.0126. The van der Waals surface area contributed by atoms with Crippen molar-refractivity contribution in [1.29, 1.82) is 0 Å². The molecule has 1 unspecified atom stereocenters. The smallest absolute Gasteiger partial charge is 0.411 e. The Morgan fingerprint density at radius 2 is 2.06 bits per heavy atom. The molecule has 1 fully saturated rings. The van der Waals surface area contributed by atoms with E-state index in [1.54, 1.807) is 20.8 Å². The van der Waals surface area contributed by atoms with Crippen molar-refractivity contribution in [2.75, 3.05) is 19.8 Å². The lowest BCUT2D eigenvalue weighted by molar-refractivity contribution is -0.144. The molecule has 6 heteroatoms. The summed E-state index contributed by atoms with van der Waals surface area (Å²) in [6, 6.07) is -0.965. The van der Waals surface area contributed by atoms with E-state index in [0.29, 0.717) is 19.6 Å². The van der Waals surface area contributed by atoms with E-state index in [1.807, 2.05) is 0 Å². The van der Waals surface area contributed by atoms with Crippen LogP contribution in [0.1, 0.15) is 27.2 Å². The molecule has 1 N–H and O–H groups in total. The highest BCUT2D eigenvalue weighted by molar-refractivity contribution is 5.80. The third kappa shape index (κ3) is 4.22. The number of carboxylic acids is 1. The highest BCUT2D eigenvalue weighted by Gasteiger charge is 2.34. The van der Waals surface area contributed by atoms with Crippen LogP contribution in [-0.2, 0) is 14.3 Å². The van der Waals surface area contributed by atoms with Crippen LogP contribution in [0.3, 0.4) is 0 Å². The van der Waals surface area contributed by atoms with Gasteiger partial charge < -0.3 is 14.6 Å². The Balaban J connectivity index is 2.75. The van der Waals surface area contributed by atoms with Gasteiger partial charge in [-0.05, 0) is 27.2 Å². The number of carbonyl (C=O) groups is 2. The van der Waals surface area contributed by atoms with E-state index in [2.05, 4.69) is 0 Å². The van der Waals surface area contributed by atoms with Gasteiger partial charge in [-0.15, -0.1) is 0 Å². The third-order valence-corrected chi connectivity index (χ3v) is 2.25. The molecule has 0 radical (unpaired) electrons. The normalized spacial score (nSPS) is 21.8. The molecule has 1 atom stereocenters. The zero-order chi connectivity index (χ0) is 13.1. The highest BCUT2D eigenvalue weighted by atomic mass is 16.6. The van der Waals surface area contributed by atoms with Gasteiger partial charge in [-0.3, -0.25) is 4.90 Å². The molecule has 98 valence electrons. The zero-order valence-corrected chi connectivity index (χ0v) is 10.4. The summed E-state index contributed by atoms with van der Waals surface area (Å²) in [5.74, 6) is -1.07. The quantitative estimate of drug-likeness (QED) is 0.748. The molecule has 0 saturated carbocycles. The first-order valence-corrected chi connectivity index (χ1v) is 5.61. The van der Waals surface area contributed by atoms with Crippen molar-refractivity contribution >= 4 is 12.1 Å². The Bertz CT molecular complexity index is 297. The van der Waals surface area contributed by atoms with Crippen molar-refractivity contribution in [3.05, 3.63) is 0 Å². The van der Waals surface area contributed by atoms with Crippen LogP contribution in [-0.4, -0.2) is 53.5 Å². The molecule has 1 rings (SSSR count). The molecule has 1 saturated heterocycles. The predicted octanol–water partition coefficient (Wildman–Crippen LogP) is 1.10. The number of hydrogen-bond acceptors (Lipinski definition) is 4. The molecule has 1 amide bonds. The molecule has 6 nitrogen and oxygen atoms in total. The summed E-state index contributed by atoms with van der Waals surface area (Å²) < 4.78 is 10.3. The van der Waals surface area contributed by atoms with E-state index >= 15 is 0 Å². The Morgan fingerprint density at radius 3 is 2.59 bits per heavy atom. The van der Waals surface area contributed by atoms with E-state index in [-0.39, 0.29) is 6.61 Å². The van der Waals surface area contributed by atoms with Gasteiger partial charge >= 0.3 is 12.1 Å². The van der Waals surface area contributed by atoms with Gasteiger partial charge in [-0.1, -0.05) is 0 Å². The van der Waals surface area contributed by atoms with Crippen molar-refractivity contribution in [3.8, 4) is 0 Å². The van der Waals surface area contributed by atoms with Gasteiger partial charge in [0, 0.05) is 13.2 Å². The lowest BCUT2D eigenvalue weighted by atomic mass is 10.2. The number of aliphatic carboxylic acids is 1. The van der Waals surface area contributed by atoms with Crippen LogP contribution in [0.25, 0.3) is 0 Å². The standard InChI is InChI=1S/C11H19NO5/c1-11(2,3)17-10(15)12-5-4-6-16-7-8(12)9(13)14/h8H,4-7H2,1-3H3,(H,13,14).